The van der Waals surface area contributed by atoms with Crippen molar-refractivity contribution in [3.63, 3.8) is 0 Å². The lowest BCUT2D eigenvalue weighted by atomic mass is 9.99. The number of fused-ring (bicyclic) bond motifs is 1. The first kappa shape index (κ1) is 17.2. The fourth-order valence-corrected chi connectivity index (χ4v) is 5.32. The van der Waals surface area contributed by atoms with E-state index in [4.69, 9.17) is 0 Å². The van der Waals surface area contributed by atoms with E-state index >= 15 is 0 Å². The van der Waals surface area contributed by atoms with Gasteiger partial charge in [0.05, 0.1) is 6.54 Å². The average Bonchev–Trinajstić information content (AvgIpc) is 3.26. The third-order valence-electron chi connectivity index (χ3n) is 4.71. The molecule has 1 aromatic carbocycles. The Kier molecular flexibility index (Phi) is 4.54. The van der Waals surface area contributed by atoms with Gasteiger partial charge in [-0.1, -0.05) is 18.2 Å². The molecular weight excluding hydrogens is 370 g/mol. The topological polar surface area (TPSA) is 78.8 Å². The van der Waals surface area contributed by atoms with Gasteiger partial charge in [0, 0.05) is 17.0 Å². The highest BCUT2D eigenvalue weighted by Crippen LogP contribution is 2.30. The molecule has 6 nitrogen and oxygen atoms in total. The molecule has 3 heterocycles. The lowest BCUT2D eigenvalue weighted by Crippen LogP contribution is -2.51. The molecule has 1 N–H and O–H groups in total. The van der Waals surface area contributed by atoms with E-state index in [2.05, 4.69) is 9.71 Å². The van der Waals surface area contributed by atoms with Crippen LogP contribution in [0.25, 0.3) is 0 Å². The van der Waals surface area contributed by atoms with Gasteiger partial charge in [-0.05, 0) is 42.8 Å². The molecule has 0 bridgehead atoms. The van der Waals surface area contributed by atoms with E-state index in [9.17, 15) is 13.2 Å². The summed E-state index contributed by atoms with van der Waals surface area (Å²) < 4.78 is 28.7. The van der Waals surface area contributed by atoms with Crippen LogP contribution in [0.3, 0.4) is 0 Å². The number of amides is 1. The summed E-state index contributed by atoms with van der Waals surface area (Å²) in [6, 6.07) is 10.3. The number of thiophene rings is 1. The first-order valence-corrected chi connectivity index (χ1v) is 10.9. The van der Waals surface area contributed by atoms with Gasteiger partial charge < -0.3 is 10.2 Å². The van der Waals surface area contributed by atoms with Crippen LogP contribution in [0, 0.1) is 0 Å². The molecule has 0 radical (unpaired) electrons. The van der Waals surface area contributed by atoms with Gasteiger partial charge in [-0.3, -0.25) is 4.79 Å². The number of carbonyl (C=O) groups excluding carboxylic acids is 1. The molecule has 0 spiro atoms. The largest absolute Gasteiger partial charge is 0.349 e. The van der Waals surface area contributed by atoms with Gasteiger partial charge in [-0.2, -0.15) is 8.42 Å². The number of hydrogen-bond acceptors (Lipinski definition) is 5. The summed E-state index contributed by atoms with van der Waals surface area (Å²) in [6.07, 6.45) is 2.54. The number of carbonyl (C=O) groups is 1. The summed E-state index contributed by atoms with van der Waals surface area (Å²) in [6.45, 7) is 1.11. The molecule has 1 fully saturated rings. The molecule has 0 saturated carbocycles. The Morgan fingerprint density at radius 2 is 2.08 bits per heavy atom. The van der Waals surface area contributed by atoms with Crippen molar-refractivity contribution in [3.8, 4) is 0 Å². The molecule has 26 heavy (non-hydrogen) atoms. The Morgan fingerprint density at radius 3 is 2.88 bits per heavy atom. The van der Waals surface area contributed by atoms with Gasteiger partial charge in [-0.15, -0.1) is 15.7 Å². The van der Waals surface area contributed by atoms with Crippen molar-refractivity contribution in [1.29, 1.82) is 0 Å². The zero-order valence-electron chi connectivity index (χ0n) is 14.1. The summed E-state index contributed by atoms with van der Waals surface area (Å²) in [7, 11) is -3.68. The van der Waals surface area contributed by atoms with Crippen molar-refractivity contribution >= 4 is 33.1 Å². The van der Waals surface area contributed by atoms with Crippen molar-refractivity contribution in [3.05, 3.63) is 52.2 Å². The summed E-state index contributed by atoms with van der Waals surface area (Å²) in [5.41, 5.74) is 0.588. The molecule has 2 aliphatic rings. The smallest absolute Gasteiger partial charge is 0.285 e. The lowest BCUT2D eigenvalue weighted by Gasteiger charge is -2.36. The minimum absolute atomic E-state index is 0.0809. The van der Waals surface area contributed by atoms with Crippen LogP contribution in [-0.4, -0.2) is 37.6 Å². The van der Waals surface area contributed by atoms with Gasteiger partial charge in [-0.25, -0.2) is 0 Å². The highest BCUT2D eigenvalue weighted by atomic mass is 32.2. The lowest BCUT2D eigenvalue weighted by molar-refractivity contribution is -0.126. The van der Waals surface area contributed by atoms with Crippen LogP contribution in [0.1, 0.15) is 29.7 Å². The summed E-state index contributed by atoms with van der Waals surface area (Å²) in [4.78, 5) is 15.9. The number of hydrogen-bond donors (Lipinski definition) is 1. The maximum Gasteiger partial charge on any atom is 0.285 e. The predicted molar refractivity (Wildman–Crippen MR) is 101 cm³/mol. The van der Waals surface area contributed by atoms with Gasteiger partial charge in [0.2, 0.25) is 5.91 Å². The van der Waals surface area contributed by atoms with Crippen molar-refractivity contribution in [2.24, 2.45) is 4.40 Å². The van der Waals surface area contributed by atoms with E-state index in [1.807, 2.05) is 22.4 Å². The first-order chi connectivity index (χ1) is 12.6. The predicted octanol–water partition coefficient (Wildman–Crippen LogP) is 2.37. The van der Waals surface area contributed by atoms with Crippen molar-refractivity contribution < 1.29 is 13.2 Å². The summed E-state index contributed by atoms with van der Waals surface area (Å²) in [5.74, 6) is 0.319. The van der Waals surface area contributed by atoms with Crippen LogP contribution in [0.2, 0.25) is 0 Å². The number of benzene rings is 1. The second-order valence-corrected chi connectivity index (χ2v) is 8.99. The van der Waals surface area contributed by atoms with Crippen LogP contribution in [0.4, 0.5) is 0 Å². The normalized spacial score (nSPS) is 21.2. The van der Waals surface area contributed by atoms with Gasteiger partial charge in [0.1, 0.15) is 10.9 Å². The summed E-state index contributed by atoms with van der Waals surface area (Å²) in [5, 5.41) is 4.95. The number of likely N-dealkylation sites (tertiary alicyclic amines) is 1. The quantitative estimate of drug-likeness (QED) is 0.874. The third-order valence-corrected chi connectivity index (χ3v) is 6.91. The highest BCUT2D eigenvalue weighted by Gasteiger charge is 2.37. The second kappa shape index (κ2) is 6.85. The van der Waals surface area contributed by atoms with E-state index < -0.39 is 16.1 Å². The monoisotopic (exact) mass is 389 g/mol. The average molecular weight is 390 g/mol. The summed E-state index contributed by atoms with van der Waals surface area (Å²) >= 11 is 1.60. The van der Waals surface area contributed by atoms with E-state index in [1.54, 1.807) is 35.6 Å². The molecule has 0 unspecified atom stereocenters. The maximum absolute atomic E-state index is 12.8. The minimum atomic E-state index is -3.68. The molecule has 0 aliphatic carbocycles. The van der Waals surface area contributed by atoms with Crippen LogP contribution >= 0.6 is 11.3 Å². The highest BCUT2D eigenvalue weighted by molar-refractivity contribution is 7.90. The Hall–Kier alpha value is -2.19. The third kappa shape index (κ3) is 3.14. The Bertz CT molecular complexity index is 952. The zero-order valence-corrected chi connectivity index (χ0v) is 15.7. The molecule has 1 amide bonds. The molecule has 2 aromatic rings. The van der Waals surface area contributed by atoms with Crippen molar-refractivity contribution in [2.45, 2.75) is 36.7 Å². The number of sulfonamides is 1. The maximum atomic E-state index is 12.8. The molecule has 136 valence electrons. The molecule has 1 atom stereocenters. The van der Waals surface area contributed by atoms with Crippen molar-refractivity contribution in [2.75, 3.05) is 6.54 Å². The number of piperidine rings is 1. The fraction of sp³-hybridized carbons (Fsp3) is 0.333. The minimum Gasteiger partial charge on any atom is -0.349 e. The van der Waals surface area contributed by atoms with Crippen LogP contribution in [0.15, 0.2) is 51.1 Å². The molecule has 2 aliphatic heterocycles. The number of rotatable bonds is 3. The molecule has 1 saturated heterocycles. The first-order valence-electron chi connectivity index (χ1n) is 8.57. The Balaban J connectivity index is 1.59. The van der Waals surface area contributed by atoms with E-state index in [0.717, 1.165) is 17.7 Å². The molecular formula is C18H19N3O3S2. The number of nitrogens with zero attached hydrogens (tertiary/aromatic N) is 2. The number of nitrogens with one attached hydrogen (secondary N) is 1. The molecule has 1 aromatic heterocycles. The van der Waals surface area contributed by atoms with E-state index in [-0.39, 0.29) is 10.8 Å². The zero-order chi connectivity index (χ0) is 18.1. The fourth-order valence-electron chi connectivity index (χ4n) is 3.46. The Morgan fingerprint density at radius 1 is 1.23 bits per heavy atom. The van der Waals surface area contributed by atoms with Gasteiger partial charge >= 0.3 is 0 Å². The van der Waals surface area contributed by atoms with E-state index in [0.29, 0.717) is 30.9 Å². The molecule has 4 rings (SSSR count). The SMILES string of the molecule is O=C(NCc1cccs1)[C@@H]1CCCCN1C1=NS(=O)(=O)c2ccccc21. The van der Waals surface area contributed by atoms with Crippen molar-refractivity contribution in [1.82, 2.24) is 10.2 Å². The molecule has 8 heteroatoms. The van der Waals surface area contributed by atoms with Gasteiger partial charge in [0.15, 0.2) is 5.84 Å². The number of amidine groups is 1. The van der Waals surface area contributed by atoms with Crippen LogP contribution in [-0.2, 0) is 21.4 Å². The Labute approximate surface area is 156 Å². The van der Waals surface area contributed by atoms with E-state index in [1.165, 1.54) is 0 Å². The second-order valence-electron chi connectivity index (χ2n) is 6.39. The van der Waals surface area contributed by atoms with Crippen LogP contribution in [0.5, 0.6) is 0 Å². The van der Waals surface area contributed by atoms with Crippen LogP contribution < -0.4 is 5.32 Å². The van der Waals surface area contributed by atoms with Gasteiger partial charge in [0.25, 0.3) is 10.0 Å². The standard InChI is InChI=1S/C18H19N3O3S2/c22-18(19-12-13-6-5-11-25-13)15-8-3-4-10-21(15)17-14-7-1-2-9-16(14)26(23,24)20-17/h1-2,5-7,9,11,15H,3-4,8,10,12H2,(H,19,22)/t15-/m0/s1.